The van der Waals surface area contributed by atoms with Gasteiger partial charge in [0.25, 0.3) is 5.91 Å². The van der Waals surface area contributed by atoms with E-state index in [9.17, 15) is 14.4 Å². The minimum atomic E-state index is -0.930. The van der Waals surface area contributed by atoms with Crippen molar-refractivity contribution in [3.63, 3.8) is 0 Å². The molecule has 1 fully saturated rings. The van der Waals surface area contributed by atoms with Crippen molar-refractivity contribution in [2.24, 2.45) is 0 Å². The first-order chi connectivity index (χ1) is 11.1. The molecule has 0 radical (unpaired) electrons. The van der Waals surface area contributed by atoms with Crippen LogP contribution in [0.5, 0.6) is 0 Å². The van der Waals surface area contributed by atoms with Crippen LogP contribution in [-0.4, -0.2) is 60.1 Å². The predicted molar refractivity (Wildman–Crippen MR) is 84.5 cm³/mol. The summed E-state index contributed by atoms with van der Waals surface area (Å²) in [5, 5.41) is 15.2. The molecule has 0 bridgehead atoms. The minimum absolute atomic E-state index is 0.0338. The standard InChI is InChI=1S/C15H20N2O5S/c18-13(17-5-6-22-12(9-17)8-14(19)20)2-1-4-16-15(21)11-3-7-23-10-11/h3,7,10,12H,1-2,4-6,8-9H2,(H,16,21)(H,19,20). The molecular formula is C15H20N2O5S. The molecule has 0 saturated carbocycles. The topological polar surface area (TPSA) is 95.9 Å². The lowest BCUT2D eigenvalue weighted by Gasteiger charge is -2.32. The molecule has 1 aromatic rings. The maximum absolute atomic E-state index is 12.1. The van der Waals surface area contributed by atoms with Crippen LogP contribution in [0, 0.1) is 0 Å². The van der Waals surface area contributed by atoms with E-state index in [1.54, 1.807) is 16.3 Å². The number of amides is 2. The lowest BCUT2D eigenvalue weighted by molar-refractivity contribution is -0.147. The highest BCUT2D eigenvalue weighted by molar-refractivity contribution is 7.08. The van der Waals surface area contributed by atoms with E-state index in [0.29, 0.717) is 44.6 Å². The smallest absolute Gasteiger partial charge is 0.306 e. The van der Waals surface area contributed by atoms with Gasteiger partial charge in [-0.25, -0.2) is 0 Å². The highest BCUT2D eigenvalue weighted by Crippen LogP contribution is 2.11. The zero-order chi connectivity index (χ0) is 16.7. The number of carboxylic acid groups (broad SMARTS) is 1. The van der Waals surface area contributed by atoms with E-state index in [1.807, 2.05) is 5.38 Å². The summed E-state index contributed by atoms with van der Waals surface area (Å²) in [7, 11) is 0. The highest BCUT2D eigenvalue weighted by atomic mass is 32.1. The molecule has 1 unspecified atom stereocenters. The predicted octanol–water partition coefficient (Wildman–Crippen LogP) is 0.960. The maximum Gasteiger partial charge on any atom is 0.306 e. The van der Waals surface area contributed by atoms with Crippen LogP contribution in [0.25, 0.3) is 0 Å². The maximum atomic E-state index is 12.1. The lowest BCUT2D eigenvalue weighted by Crippen LogP contribution is -2.46. The van der Waals surface area contributed by atoms with Gasteiger partial charge in [-0.3, -0.25) is 14.4 Å². The minimum Gasteiger partial charge on any atom is -0.481 e. The van der Waals surface area contributed by atoms with Crippen molar-refractivity contribution in [3.8, 4) is 0 Å². The number of nitrogens with one attached hydrogen (secondary N) is 1. The van der Waals surface area contributed by atoms with Gasteiger partial charge in [-0.1, -0.05) is 0 Å². The van der Waals surface area contributed by atoms with Gasteiger partial charge in [0.05, 0.1) is 19.1 Å². The Labute approximate surface area is 138 Å². The van der Waals surface area contributed by atoms with Gasteiger partial charge in [-0.15, -0.1) is 0 Å². The van der Waals surface area contributed by atoms with Gasteiger partial charge in [0.2, 0.25) is 5.91 Å². The van der Waals surface area contributed by atoms with Gasteiger partial charge in [-0.05, 0) is 17.9 Å². The number of hydrogen-bond acceptors (Lipinski definition) is 5. The summed E-state index contributed by atoms with van der Waals surface area (Å²) in [6, 6.07) is 1.75. The molecular weight excluding hydrogens is 320 g/mol. The summed E-state index contributed by atoms with van der Waals surface area (Å²) in [6.07, 6.45) is 0.336. The number of ether oxygens (including phenoxy) is 1. The molecule has 0 spiro atoms. The average molecular weight is 340 g/mol. The SMILES string of the molecule is O=C(O)CC1CN(C(=O)CCCNC(=O)c2ccsc2)CCO1. The molecule has 126 valence electrons. The van der Waals surface area contributed by atoms with E-state index in [-0.39, 0.29) is 18.2 Å². The Morgan fingerprint density at radius 3 is 2.96 bits per heavy atom. The molecule has 0 aromatic carbocycles. The second kappa shape index (κ2) is 8.64. The van der Waals surface area contributed by atoms with Crippen LogP contribution in [0.4, 0.5) is 0 Å². The van der Waals surface area contributed by atoms with E-state index in [0.717, 1.165) is 0 Å². The number of rotatable bonds is 7. The van der Waals surface area contributed by atoms with Crippen LogP contribution in [-0.2, 0) is 14.3 Å². The second-order valence-electron chi connectivity index (χ2n) is 5.30. The molecule has 0 aliphatic carbocycles. The van der Waals surface area contributed by atoms with Crippen LogP contribution in [0.3, 0.4) is 0 Å². The molecule has 7 nitrogen and oxygen atoms in total. The average Bonchev–Trinajstić information content (AvgIpc) is 3.05. The summed E-state index contributed by atoms with van der Waals surface area (Å²) in [4.78, 5) is 36.2. The summed E-state index contributed by atoms with van der Waals surface area (Å²) in [6.45, 7) is 1.59. The second-order valence-corrected chi connectivity index (χ2v) is 6.08. The Bertz CT molecular complexity index is 546. The van der Waals surface area contributed by atoms with Crippen molar-refractivity contribution in [1.29, 1.82) is 0 Å². The third-order valence-corrected chi connectivity index (χ3v) is 4.21. The molecule has 1 aliphatic heterocycles. The van der Waals surface area contributed by atoms with Crippen LogP contribution >= 0.6 is 11.3 Å². The largest absolute Gasteiger partial charge is 0.481 e. The van der Waals surface area contributed by atoms with Gasteiger partial charge in [-0.2, -0.15) is 11.3 Å². The summed E-state index contributed by atoms with van der Waals surface area (Å²) in [5.41, 5.74) is 0.631. The van der Waals surface area contributed by atoms with Crippen molar-refractivity contribution in [3.05, 3.63) is 22.4 Å². The molecule has 8 heteroatoms. The van der Waals surface area contributed by atoms with Crippen LogP contribution in [0.15, 0.2) is 16.8 Å². The van der Waals surface area contributed by atoms with Gasteiger partial charge < -0.3 is 20.1 Å². The third-order valence-electron chi connectivity index (χ3n) is 3.53. The van der Waals surface area contributed by atoms with E-state index in [2.05, 4.69) is 5.32 Å². The van der Waals surface area contributed by atoms with Crippen molar-refractivity contribution >= 4 is 29.1 Å². The van der Waals surface area contributed by atoms with Gasteiger partial charge >= 0.3 is 5.97 Å². The molecule has 23 heavy (non-hydrogen) atoms. The Balaban J connectivity index is 1.66. The van der Waals surface area contributed by atoms with E-state index in [1.165, 1.54) is 11.3 Å². The molecule has 1 saturated heterocycles. The zero-order valence-corrected chi connectivity index (χ0v) is 13.5. The Morgan fingerprint density at radius 2 is 2.26 bits per heavy atom. The first kappa shape index (κ1) is 17.4. The van der Waals surface area contributed by atoms with Crippen molar-refractivity contribution in [1.82, 2.24) is 10.2 Å². The third kappa shape index (κ3) is 5.65. The fraction of sp³-hybridized carbons (Fsp3) is 0.533. The number of thiophene rings is 1. The fourth-order valence-electron chi connectivity index (χ4n) is 2.36. The molecule has 2 N–H and O–H groups in total. The number of hydrogen-bond donors (Lipinski definition) is 2. The Hall–Kier alpha value is -1.93. The van der Waals surface area contributed by atoms with E-state index in [4.69, 9.17) is 9.84 Å². The highest BCUT2D eigenvalue weighted by Gasteiger charge is 2.25. The molecule has 1 aromatic heterocycles. The molecule has 2 amide bonds. The van der Waals surface area contributed by atoms with Crippen LogP contribution < -0.4 is 5.32 Å². The van der Waals surface area contributed by atoms with Gasteiger partial charge in [0.1, 0.15) is 0 Å². The molecule has 1 aliphatic rings. The number of morpholine rings is 1. The normalized spacial score (nSPS) is 17.7. The summed E-state index contributed by atoms with van der Waals surface area (Å²) >= 11 is 1.46. The first-order valence-corrected chi connectivity index (χ1v) is 8.42. The Morgan fingerprint density at radius 1 is 1.43 bits per heavy atom. The number of carboxylic acids is 1. The van der Waals surface area contributed by atoms with Gasteiger partial charge in [0, 0.05) is 37.0 Å². The van der Waals surface area contributed by atoms with Crippen LogP contribution in [0.2, 0.25) is 0 Å². The monoisotopic (exact) mass is 340 g/mol. The summed E-state index contributed by atoms with van der Waals surface area (Å²) in [5.74, 6) is -1.10. The number of carbonyl (C=O) groups excluding carboxylic acids is 2. The van der Waals surface area contributed by atoms with Gasteiger partial charge in [0.15, 0.2) is 0 Å². The lowest BCUT2D eigenvalue weighted by atomic mass is 10.2. The van der Waals surface area contributed by atoms with Crippen molar-refractivity contribution in [2.45, 2.75) is 25.4 Å². The number of nitrogens with zero attached hydrogens (tertiary/aromatic N) is 1. The zero-order valence-electron chi connectivity index (χ0n) is 12.7. The first-order valence-electron chi connectivity index (χ1n) is 7.48. The molecule has 2 rings (SSSR count). The fourth-order valence-corrected chi connectivity index (χ4v) is 3.00. The summed E-state index contributed by atoms with van der Waals surface area (Å²) < 4.78 is 5.34. The number of aliphatic carboxylic acids is 1. The molecule has 1 atom stereocenters. The van der Waals surface area contributed by atoms with Crippen LogP contribution in [0.1, 0.15) is 29.6 Å². The molecule has 2 heterocycles. The Kier molecular flexibility index (Phi) is 6.54. The van der Waals surface area contributed by atoms with Crippen molar-refractivity contribution < 1.29 is 24.2 Å². The van der Waals surface area contributed by atoms with E-state index >= 15 is 0 Å². The quantitative estimate of drug-likeness (QED) is 0.721. The van der Waals surface area contributed by atoms with E-state index < -0.39 is 12.1 Å². The number of carbonyl (C=O) groups is 3. The van der Waals surface area contributed by atoms with Crippen molar-refractivity contribution in [2.75, 3.05) is 26.2 Å².